The van der Waals surface area contributed by atoms with Crippen molar-refractivity contribution in [3.63, 3.8) is 0 Å². The summed E-state index contributed by atoms with van der Waals surface area (Å²) in [5, 5.41) is 11.2. The molecule has 2 aromatic rings. The van der Waals surface area contributed by atoms with Crippen LogP contribution in [-0.4, -0.2) is 41.9 Å². The Morgan fingerprint density at radius 2 is 1.80 bits per heavy atom. The van der Waals surface area contributed by atoms with Crippen LogP contribution < -0.4 is 4.90 Å². The summed E-state index contributed by atoms with van der Waals surface area (Å²) in [5.41, 5.74) is 1.44. The maximum Gasteiger partial charge on any atom is 0.271 e. The van der Waals surface area contributed by atoms with Gasteiger partial charge in [-0.15, -0.1) is 0 Å². The molecule has 0 radical (unpaired) electrons. The maximum absolute atomic E-state index is 12.7. The molecule has 1 fully saturated rings. The zero-order valence-corrected chi connectivity index (χ0v) is 16.1. The molecule has 0 N–H and O–H groups in total. The Hall–Kier alpha value is -1.87. The van der Waals surface area contributed by atoms with Crippen LogP contribution in [0.5, 0.6) is 0 Å². The third kappa shape index (κ3) is 3.87. The number of carbonyl (C=O) groups is 1. The van der Waals surface area contributed by atoms with Gasteiger partial charge in [0, 0.05) is 41.9 Å². The monoisotopic (exact) mass is 471 g/mol. The average Bonchev–Trinajstić information content (AvgIpc) is 2.61. The molecule has 1 saturated heterocycles. The molecule has 1 heterocycles. The quantitative estimate of drug-likeness (QED) is 0.388. The lowest BCUT2D eigenvalue weighted by atomic mass is 10.1. The Morgan fingerprint density at radius 1 is 1.12 bits per heavy atom. The largest absolute Gasteiger partial charge is 0.367 e. The number of hydrogen-bond donors (Lipinski definition) is 0. The fourth-order valence-corrected chi connectivity index (χ4v) is 3.73. The number of non-ortho nitro benzene ring substituents is 1. The van der Waals surface area contributed by atoms with Crippen LogP contribution >= 0.6 is 34.2 Å². The first-order valence-electron chi connectivity index (χ1n) is 7.70. The van der Waals surface area contributed by atoms with Crippen molar-refractivity contribution < 1.29 is 9.72 Å². The van der Waals surface area contributed by atoms with E-state index in [-0.39, 0.29) is 11.6 Å². The van der Waals surface area contributed by atoms with Crippen molar-refractivity contribution in [1.29, 1.82) is 0 Å². The predicted molar refractivity (Wildman–Crippen MR) is 105 cm³/mol. The minimum Gasteiger partial charge on any atom is -0.367 e. The summed E-state index contributed by atoms with van der Waals surface area (Å²) in [7, 11) is 0. The number of rotatable bonds is 3. The van der Waals surface area contributed by atoms with Crippen LogP contribution in [0.15, 0.2) is 42.5 Å². The van der Waals surface area contributed by atoms with E-state index < -0.39 is 4.92 Å². The minimum absolute atomic E-state index is 0.0267. The molecule has 25 heavy (non-hydrogen) atoms. The van der Waals surface area contributed by atoms with Gasteiger partial charge in [-0.25, -0.2) is 0 Å². The molecule has 6 nitrogen and oxygen atoms in total. The lowest BCUT2D eigenvalue weighted by Gasteiger charge is -2.36. The molecule has 0 aliphatic carbocycles. The predicted octanol–water partition coefficient (Wildman–Crippen LogP) is 3.82. The van der Waals surface area contributed by atoms with Crippen molar-refractivity contribution in [2.75, 3.05) is 31.1 Å². The van der Waals surface area contributed by atoms with E-state index in [0.29, 0.717) is 36.8 Å². The van der Waals surface area contributed by atoms with Crippen LogP contribution in [0.2, 0.25) is 5.02 Å². The lowest BCUT2D eigenvalue weighted by molar-refractivity contribution is -0.384. The second-order valence-electron chi connectivity index (χ2n) is 5.65. The Balaban J connectivity index is 1.69. The van der Waals surface area contributed by atoms with Gasteiger partial charge in [0.1, 0.15) is 0 Å². The van der Waals surface area contributed by atoms with Crippen molar-refractivity contribution in [3.05, 3.63) is 66.7 Å². The SMILES string of the molecule is O=C(c1ccccc1I)N1CCN(c2ccc([N+](=O)[O-])cc2Cl)CC1. The van der Waals surface area contributed by atoms with E-state index in [9.17, 15) is 14.9 Å². The number of amides is 1. The first kappa shape index (κ1) is 17.9. The van der Waals surface area contributed by atoms with Crippen LogP contribution in [0.25, 0.3) is 0 Å². The molecule has 0 bridgehead atoms. The lowest BCUT2D eigenvalue weighted by Crippen LogP contribution is -2.49. The average molecular weight is 472 g/mol. The van der Waals surface area contributed by atoms with Crippen molar-refractivity contribution in [2.45, 2.75) is 0 Å². The summed E-state index contributed by atoms with van der Waals surface area (Å²) in [4.78, 5) is 26.9. The zero-order valence-electron chi connectivity index (χ0n) is 13.2. The standard InChI is InChI=1S/C17H15ClIN3O3/c18-14-11-12(22(24)25)5-6-16(14)20-7-9-21(10-8-20)17(23)13-3-1-2-4-15(13)19/h1-6,11H,7-10H2. The summed E-state index contributed by atoms with van der Waals surface area (Å²) in [5.74, 6) is 0.0273. The van der Waals surface area contributed by atoms with Gasteiger partial charge in [0.05, 0.1) is 21.2 Å². The van der Waals surface area contributed by atoms with E-state index in [0.717, 1.165) is 9.26 Å². The Morgan fingerprint density at radius 3 is 2.40 bits per heavy atom. The molecule has 1 amide bonds. The molecule has 8 heteroatoms. The van der Waals surface area contributed by atoms with Crippen LogP contribution in [0, 0.1) is 13.7 Å². The van der Waals surface area contributed by atoms with Crippen molar-refractivity contribution in [1.82, 2.24) is 4.90 Å². The summed E-state index contributed by atoms with van der Waals surface area (Å²) >= 11 is 8.36. The number of hydrogen-bond acceptors (Lipinski definition) is 4. The molecule has 0 spiro atoms. The van der Waals surface area contributed by atoms with Gasteiger partial charge in [0.2, 0.25) is 0 Å². The summed E-state index contributed by atoms with van der Waals surface area (Å²) < 4.78 is 0.936. The second-order valence-corrected chi connectivity index (χ2v) is 7.22. The van der Waals surface area contributed by atoms with Crippen LogP contribution in [0.3, 0.4) is 0 Å². The molecular weight excluding hydrogens is 457 g/mol. The van der Waals surface area contributed by atoms with Crippen molar-refractivity contribution in [2.24, 2.45) is 0 Å². The molecule has 1 aliphatic heterocycles. The smallest absolute Gasteiger partial charge is 0.271 e. The fraction of sp³-hybridized carbons (Fsp3) is 0.235. The molecular formula is C17H15ClIN3O3. The molecule has 2 aromatic carbocycles. The Kier molecular flexibility index (Phi) is 5.43. The number of nitro benzene ring substituents is 1. The highest BCUT2D eigenvalue weighted by molar-refractivity contribution is 14.1. The van der Waals surface area contributed by atoms with Gasteiger partial charge in [-0.2, -0.15) is 0 Å². The summed E-state index contributed by atoms with van der Waals surface area (Å²) in [6.45, 7) is 2.42. The number of piperazine rings is 1. The molecule has 0 atom stereocenters. The normalized spacial score (nSPS) is 14.5. The maximum atomic E-state index is 12.7. The van der Waals surface area contributed by atoms with Gasteiger partial charge < -0.3 is 9.80 Å². The number of anilines is 1. The van der Waals surface area contributed by atoms with Gasteiger partial charge in [-0.1, -0.05) is 23.7 Å². The van der Waals surface area contributed by atoms with E-state index in [1.807, 2.05) is 34.1 Å². The van der Waals surface area contributed by atoms with Gasteiger partial charge in [-0.05, 0) is 40.8 Å². The zero-order chi connectivity index (χ0) is 18.0. The molecule has 1 aliphatic rings. The van der Waals surface area contributed by atoms with Gasteiger partial charge in [0.25, 0.3) is 11.6 Å². The van der Waals surface area contributed by atoms with Crippen LogP contribution in [0.4, 0.5) is 11.4 Å². The topological polar surface area (TPSA) is 66.7 Å². The van der Waals surface area contributed by atoms with E-state index in [4.69, 9.17) is 11.6 Å². The van der Waals surface area contributed by atoms with Gasteiger partial charge >= 0.3 is 0 Å². The highest BCUT2D eigenvalue weighted by Crippen LogP contribution is 2.30. The van der Waals surface area contributed by atoms with Crippen LogP contribution in [0.1, 0.15) is 10.4 Å². The first-order valence-corrected chi connectivity index (χ1v) is 9.16. The van der Waals surface area contributed by atoms with E-state index in [2.05, 4.69) is 22.6 Å². The minimum atomic E-state index is -0.465. The summed E-state index contributed by atoms with van der Waals surface area (Å²) in [6.07, 6.45) is 0. The van der Waals surface area contributed by atoms with E-state index in [1.165, 1.54) is 12.1 Å². The van der Waals surface area contributed by atoms with E-state index >= 15 is 0 Å². The molecule has 0 saturated carbocycles. The number of benzene rings is 2. The number of carbonyl (C=O) groups excluding carboxylic acids is 1. The number of nitro groups is 1. The highest BCUT2D eigenvalue weighted by atomic mass is 127. The second kappa shape index (κ2) is 7.57. The summed E-state index contributed by atoms with van der Waals surface area (Å²) in [6, 6.07) is 12.0. The third-order valence-electron chi connectivity index (χ3n) is 4.15. The first-order chi connectivity index (χ1) is 12.0. The third-order valence-corrected chi connectivity index (χ3v) is 5.40. The Labute approximate surface area is 163 Å². The Bertz CT molecular complexity index is 823. The molecule has 3 rings (SSSR count). The van der Waals surface area contributed by atoms with Crippen LogP contribution in [-0.2, 0) is 0 Å². The molecule has 0 unspecified atom stereocenters. The molecule has 130 valence electrons. The highest BCUT2D eigenvalue weighted by Gasteiger charge is 2.24. The van der Waals surface area contributed by atoms with Gasteiger partial charge in [0.15, 0.2) is 0 Å². The van der Waals surface area contributed by atoms with E-state index in [1.54, 1.807) is 6.07 Å². The number of halogens is 2. The molecule has 0 aromatic heterocycles. The fourth-order valence-electron chi connectivity index (χ4n) is 2.82. The van der Waals surface area contributed by atoms with Crippen molar-refractivity contribution >= 4 is 51.5 Å². The van der Waals surface area contributed by atoms with Crippen molar-refractivity contribution in [3.8, 4) is 0 Å². The number of nitrogens with zero attached hydrogens (tertiary/aromatic N) is 3. The van der Waals surface area contributed by atoms with Gasteiger partial charge in [-0.3, -0.25) is 14.9 Å².